The number of anilines is 1. The molecule has 2 aliphatic rings. The second-order valence-electron chi connectivity index (χ2n) is 9.33. The third-order valence-corrected chi connectivity index (χ3v) is 6.75. The molecule has 0 bridgehead atoms. The summed E-state index contributed by atoms with van der Waals surface area (Å²) in [4.78, 5) is 38.5. The van der Waals surface area contributed by atoms with Gasteiger partial charge in [-0.15, -0.1) is 0 Å². The van der Waals surface area contributed by atoms with Crippen LogP contribution in [0.5, 0.6) is 5.88 Å². The quantitative estimate of drug-likeness (QED) is 0.453. The number of nitrogens with two attached hydrogens (primary N) is 1. The Morgan fingerprint density at radius 1 is 1.11 bits per heavy atom. The number of ether oxygens (including phenoxy) is 2. The number of benzene rings is 1. The first-order valence-corrected chi connectivity index (χ1v) is 12.6. The summed E-state index contributed by atoms with van der Waals surface area (Å²) in [6.45, 7) is 1.93. The average molecular weight is 530 g/mol. The molecule has 202 valence electrons. The molecule has 3 heterocycles. The molecule has 38 heavy (non-hydrogen) atoms. The lowest BCUT2D eigenvalue weighted by atomic mass is 9.87. The minimum Gasteiger partial charge on any atom is -0.474 e. The Kier molecular flexibility index (Phi) is 7.63. The van der Waals surface area contributed by atoms with E-state index < -0.39 is 18.2 Å². The van der Waals surface area contributed by atoms with Crippen molar-refractivity contribution in [2.24, 2.45) is 11.7 Å². The Labute approximate surface area is 217 Å². The van der Waals surface area contributed by atoms with E-state index in [0.29, 0.717) is 69.0 Å². The van der Waals surface area contributed by atoms with Gasteiger partial charge in [-0.3, -0.25) is 14.2 Å². The minimum atomic E-state index is -2.82. The Hall–Kier alpha value is -3.87. The first kappa shape index (κ1) is 25.8. The zero-order valence-corrected chi connectivity index (χ0v) is 20.7. The van der Waals surface area contributed by atoms with E-state index >= 15 is 0 Å². The van der Waals surface area contributed by atoms with Crippen LogP contribution in [-0.2, 0) is 14.3 Å². The van der Waals surface area contributed by atoms with E-state index in [2.05, 4.69) is 20.3 Å². The van der Waals surface area contributed by atoms with Crippen LogP contribution in [0.1, 0.15) is 37.9 Å². The third kappa shape index (κ3) is 5.67. The number of primary amides is 1. The molecule has 1 saturated carbocycles. The Bertz CT molecular complexity index is 1300. The molecule has 2 amide bonds. The molecule has 5 rings (SSSR count). The highest BCUT2D eigenvalue weighted by atomic mass is 19.3. The number of halogens is 2. The number of nitrogens with zero attached hydrogens (tertiary/aromatic N) is 5. The van der Waals surface area contributed by atoms with Crippen molar-refractivity contribution in [1.29, 1.82) is 0 Å². The van der Waals surface area contributed by atoms with Crippen LogP contribution in [0.2, 0.25) is 0 Å². The first-order valence-electron chi connectivity index (χ1n) is 12.6. The van der Waals surface area contributed by atoms with Crippen LogP contribution in [0, 0.1) is 5.92 Å². The molecule has 3 aromatic rings. The Morgan fingerprint density at radius 2 is 1.84 bits per heavy atom. The summed E-state index contributed by atoms with van der Waals surface area (Å²) in [5.41, 5.74) is 6.04. The van der Waals surface area contributed by atoms with Gasteiger partial charge in [0.25, 0.3) is 6.43 Å². The summed E-state index contributed by atoms with van der Waals surface area (Å²) < 4.78 is 41.1. The van der Waals surface area contributed by atoms with Crippen molar-refractivity contribution in [2.45, 2.75) is 38.2 Å². The van der Waals surface area contributed by atoms with Gasteiger partial charge in [-0.25, -0.2) is 13.8 Å². The lowest BCUT2D eigenvalue weighted by molar-refractivity contribution is -0.128. The van der Waals surface area contributed by atoms with Crippen LogP contribution in [0.25, 0.3) is 16.9 Å². The molecule has 2 fully saturated rings. The van der Waals surface area contributed by atoms with E-state index in [9.17, 15) is 18.4 Å². The summed E-state index contributed by atoms with van der Waals surface area (Å²) in [7, 11) is 0. The summed E-state index contributed by atoms with van der Waals surface area (Å²) in [5, 5.41) is 2.55. The fourth-order valence-corrected chi connectivity index (χ4v) is 4.84. The van der Waals surface area contributed by atoms with Gasteiger partial charge in [0.05, 0.1) is 30.8 Å². The van der Waals surface area contributed by atoms with Crippen LogP contribution in [0.15, 0.2) is 30.3 Å². The van der Waals surface area contributed by atoms with Crippen molar-refractivity contribution in [1.82, 2.24) is 24.8 Å². The van der Waals surface area contributed by atoms with Crippen LogP contribution in [-0.4, -0.2) is 70.3 Å². The molecule has 1 aromatic carbocycles. The number of aromatic nitrogens is 4. The number of para-hydroxylation sites is 2. The van der Waals surface area contributed by atoms with Crippen molar-refractivity contribution in [3.8, 4) is 11.7 Å². The van der Waals surface area contributed by atoms with Gasteiger partial charge in [-0.1, -0.05) is 12.1 Å². The molecule has 0 radical (unpaired) electrons. The van der Waals surface area contributed by atoms with Gasteiger partial charge in [-0.05, 0) is 37.8 Å². The van der Waals surface area contributed by atoms with Gasteiger partial charge in [0.1, 0.15) is 11.9 Å². The SMILES string of the molecule is NC(=O)CNC(=O)C1CCC(Oc2cc(-n3c(C(F)F)nc4ccccc43)nc(N3CCOCC3)n2)CC1. The van der Waals surface area contributed by atoms with E-state index in [1.165, 1.54) is 4.57 Å². The number of morpholine rings is 1. The van der Waals surface area contributed by atoms with Crippen LogP contribution < -0.4 is 20.7 Å². The topological polar surface area (TPSA) is 137 Å². The molecule has 0 spiro atoms. The predicted molar refractivity (Wildman–Crippen MR) is 133 cm³/mol. The molecular weight excluding hydrogens is 500 g/mol. The van der Waals surface area contributed by atoms with E-state index in [-0.39, 0.29) is 36.2 Å². The van der Waals surface area contributed by atoms with Crippen LogP contribution in [0.3, 0.4) is 0 Å². The molecular formula is C25H29F2N7O4. The molecule has 2 aromatic heterocycles. The molecule has 0 unspecified atom stereocenters. The highest BCUT2D eigenvalue weighted by Gasteiger charge is 2.29. The monoisotopic (exact) mass is 529 g/mol. The zero-order valence-electron chi connectivity index (χ0n) is 20.7. The molecule has 1 saturated heterocycles. The number of imidazole rings is 1. The fourth-order valence-electron chi connectivity index (χ4n) is 4.84. The van der Waals surface area contributed by atoms with Gasteiger partial charge < -0.3 is 25.4 Å². The van der Waals surface area contributed by atoms with E-state index in [1.54, 1.807) is 30.3 Å². The van der Waals surface area contributed by atoms with Gasteiger partial charge in [0.15, 0.2) is 5.82 Å². The number of carbonyl (C=O) groups excluding carboxylic acids is 2. The number of carbonyl (C=O) groups is 2. The normalized spacial score (nSPS) is 20.0. The predicted octanol–water partition coefficient (Wildman–Crippen LogP) is 2.13. The number of hydrogen-bond donors (Lipinski definition) is 2. The largest absolute Gasteiger partial charge is 0.474 e. The Morgan fingerprint density at radius 3 is 2.55 bits per heavy atom. The van der Waals surface area contributed by atoms with Gasteiger partial charge >= 0.3 is 0 Å². The maximum atomic E-state index is 14.0. The lowest BCUT2D eigenvalue weighted by Crippen LogP contribution is -2.39. The summed E-state index contributed by atoms with van der Waals surface area (Å²) in [5.74, 6) is -0.579. The van der Waals surface area contributed by atoms with Crippen molar-refractivity contribution in [2.75, 3.05) is 37.7 Å². The molecule has 13 heteroatoms. The number of rotatable bonds is 8. The molecule has 1 aliphatic heterocycles. The molecule has 1 aliphatic carbocycles. The standard InChI is InChI=1S/C25H29F2N7O4/c26-22(27)23-30-17-3-1-2-4-18(17)34(23)20-13-21(32-25(31-20)33-9-11-37-12-10-33)38-16-7-5-15(6-8-16)24(36)29-14-19(28)35/h1-4,13,15-16,22H,5-12,14H2,(H2,28,35)(H,29,36). The highest BCUT2D eigenvalue weighted by molar-refractivity contribution is 5.85. The second-order valence-corrected chi connectivity index (χ2v) is 9.33. The number of amides is 2. The fraction of sp³-hybridized carbons (Fsp3) is 0.480. The van der Waals surface area contributed by atoms with Crippen molar-refractivity contribution < 1.29 is 27.8 Å². The number of alkyl halides is 2. The van der Waals surface area contributed by atoms with E-state index in [4.69, 9.17) is 15.2 Å². The van der Waals surface area contributed by atoms with Gasteiger partial charge in [0.2, 0.25) is 23.6 Å². The number of nitrogens with one attached hydrogen (secondary N) is 1. The van der Waals surface area contributed by atoms with Crippen molar-refractivity contribution in [3.05, 3.63) is 36.2 Å². The summed E-state index contributed by atoms with van der Waals surface area (Å²) in [6, 6.07) is 8.45. The average Bonchev–Trinajstić information content (AvgIpc) is 3.33. The molecule has 3 N–H and O–H groups in total. The molecule has 0 atom stereocenters. The highest BCUT2D eigenvalue weighted by Crippen LogP contribution is 2.32. The van der Waals surface area contributed by atoms with E-state index in [1.807, 2.05) is 4.90 Å². The lowest BCUT2D eigenvalue weighted by Gasteiger charge is -2.29. The number of hydrogen-bond acceptors (Lipinski definition) is 8. The zero-order chi connectivity index (χ0) is 26.6. The summed E-state index contributed by atoms with van der Waals surface area (Å²) in [6.07, 6.45) is -0.695. The maximum Gasteiger partial charge on any atom is 0.296 e. The van der Waals surface area contributed by atoms with Crippen molar-refractivity contribution >= 4 is 28.8 Å². The van der Waals surface area contributed by atoms with Gasteiger partial charge in [0, 0.05) is 25.1 Å². The minimum absolute atomic E-state index is 0.188. The summed E-state index contributed by atoms with van der Waals surface area (Å²) >= 11 is 0. The Balaban J connectivity index is 1.42. The maximum absolute atomic E-state index is 14.0. The van der Waals surface area contributed by atoms with Crippen LogP contribution >= 0.6 is 0 Å². The third-order valence-electron chi connectivity index (χ3n) is 6.75. The van der Waals surface area contributed by atoms with Crippen LogP contribution in [0.4, 0.5) is 14.7 Å². The van der Waals surface area contributed by atoms with Crippen molar-refractivity contribution in [3.63, 3.8) is 0 Å². The smallest absolute Gasteiger partial charge is 0.296 e. The first-order chi connectivity index (χ1) is 18.4. The number of fused-ring (bicyclic) bond motifs is 1. The van der Waals surface area contributed by atoms with Gasteiger partial charge in [-0.2, -0.15) is 9.97 Å². The van der Waals surface area contributed by atoms with E-state index in [0.717, 1.165) is 0 Å². The molecule has 11 nitrogen and oxygen atoms in total. The second kappa shape index (κ2) is 11.3.